The maximum absolute atomic E-state index is 11.8. The summed E-state index contributed by atoms with van der Waals surface area (Å²) in [5.74, 6) is 1.59. The Morgan fingerprint density at radius 2 is 1.88 bits per heavy atom. The number of hydrogen-bond acceptors (Lipinski definition) is 4. The van der Waals surface area contributed by atoms with E-state index in [2.05, 4.69) is 38.0 Å². The second-order valence-electron chi connectivity index (χ2n) is 7.94. The van der Waals surface area contributed by atoms with Crippen molar-refractivity contribution in [3.63, 3.8) is 0 Å². The Morgan fingerprint density at radius 1 is 1.12 bits per heavy atom. The third-order valence-electron chi connectivity index (χ3n) is 5.89. The van der Waals surface area contributed by atoms with E-state index in [9.17, 15) is 4.79 Å². The van der Waals surface area contributed by atoms with E-state index < -0.39 is 0 Å². The lowest BCUT2D eigenvalue weighted by molar-refractivity contribution is 0.0963. The average Bonchev–Trinajstić information content (AvgIpc) is 3.37. The molecule has 3 N–H and O–H groups in total. The Labute approximate surface area is 191 Å². The molecule has 0 aliphatic carbocycles. The van der Waals surface area contributed by atoms with Gasteiger partial charge in [-0.3, -0.25) is 14.7 Å². The van der Waals surface area contributed by atoms with Crippen molar-refractivity contribution in [1.82, 2.24) is 20.9 Å². The first kappa shape index (κ1) is 23.6. The van der Waals surface area contributed by atoms with Gasteiger partial charge in [0.25, 0.3) is 5.91 Å². The topological polar surface area (TPSA) is 78.0 Å². The molecule has 0 aromatic heterocycles. The number of nitrogens with one attached hydrogen (secondary N) is 3. The van der Waals surface area contributed by atoms with E-state index in [4.69, 9.17) is 4.74 Å². The highest BCUT2D eigenvalue weighted by atomic mass is 16.5. The highest BCUT2D eigenvalue weighted by Gasteiger charge is 2.23. The molecular weight excluding hydrogens is 402 g/mol. The molecule has 1 heterocycles. The molecule has 172 valence electrons. The first-order valence-corrected chi connectivity index (χ1v) is 11.3. The number of carbonyl (C=O) groups is 1. The summed E-state index contributed by atoms with van der Waals surface area (Å²) < 4.78 is 5.32. The maximum atomic E-state index is 11.8. The number of amides is 1. The molecule has 1 aliphatic heterocycles. The summed E-state index contributed by atoms with van der Waals surface area (Å²) in [5.41, 5.74) is 3.07. The summed E-state index contributed by atoms with van der Waals surface area (Å²) in [7, 11) is 5.13. The Kier molecular flexibility index (Phi) is 8.92. The van der Waals surface area contributed by atoms with Crippen LogP contribution >= 0.6 is 0 Å². The molecule has 1 fully saturated rings. The monoisotopic (exact) mass is 437 g/mol. The van der Waals surface area contributed by atoms with E-state index in [0.29, 0.717) is 5.56 Å². The van der Waals surface area contributed by atoms with Gasteiger partial charge in [-0.15, -0.1) is 0 Å². The van der Waals surface area contributed by atoms with Gasteiger partial charge in [0, 0.05) is 32.7 Å². The Balaban J connectivity index is 1.55. The van der Waals surface area contributed by atoms with Crippen LogP contribution in [0.2, 0.25) is 0 Å². The van der Waals surface area contributed by atoms with Crippen molar-refractivity contribution in [2.75, 3.05) is 47.4 Å². The zero-order valence-corrected chi connectivity index (χ0v) is 19.4. The van der Waals surface area contributed by atoms with Gasteiger partial charge < -0.3 is 20.7 Å². The number of nitrogens with zero attached hydrogens (tertiary/aromatic N) is 2. The number of likely N-dealkylation sites (tertiary alicyclic amines) is 1. The highest BCUT2D eigenvalue weighted by Crippen LogP contribution is 2.26. The van der Waals surface area contributed by atoms with Crippen molar-refractivity contribution < 1.29 is 9.53 Å². The summed E-state index contributed by atoms with van der Waals surface area (Å²) in [4.78, 5) is 18.8. The fraction of sp³-hybridized carbons (Fsp3) is 0.440. The van der Waals surface area contributed by atoms with E-state index in [1.165, 1.54) is 18.4 Å². The Morgan fingerprint density at radius 3 is 2.53 bits per heavy atom. The number of hydrogen-bond donors (Lipinski definition) is 3. The van der Waals surface area contributed by atoms with Gasteiger partial charge in [-0.05, 0) is 67.7 Å². The van der Waals surface area contributed by atoms with Crippen molar-refractivity contribution in [1.29, 1.82) is 0 Å². The van der Waals surface area contributed by atoms with Crippen LogP contribution in [0.15, 0.2) is 53.5 Å². The zero-order valence-electron chi connectivity index (χ0n) is 19.4. The summed E-state index contributed by atoms with van der Waals surface area (Å²) >= 11 is 0. The van der Waals surface area contributed by atoms with Crippen molar-refractivity contribution in [2.45, 2.75) is 25.3 Å². The summed E-state index contributed by atoms with van der Waals surface area (Å²) in [6.45, 7) is 3.74. The molecule has 7 heteroatoms. The SMILES string of the molecule is CN=C(NCCc1cccc(C(=O)NC)c1)NCC(c1ccc(OC)cc1)N1CCCC1. The Bertz CT molecular complexity index is 891. The molecule has 7 nitrogen and oxygen atoms in total. The lowest BCUT2D eigenvalue weighted by atomic mass is 10.1. The molecule has 2 aromatic carbocycles. The molecule has 1 amide bonds. The van der Waals surface area contributed by atoms with Crippen LogP contribution in [0, 0.1) is 0 Å². The van der Waals surface area contributed by atoms with E-state index in [0.717, 1.165) is 49.9 Å². The zero-order chi connectivity index (χ0) is 22.8. The molecule has 0 radical (unpaired) electrons. The van der Waals surface area contributed by atoms with Crippen molar-refractivity contribution in [3.05, 3.63) is 65.2 Å². The molecule has 32 heavy (non-hydrogen) atoms. The molecule has 1 aliphatic rings. The summed E-state index contributed by atoms with van der Waals surface area (Å²) in [6.07, 6.45) is 3.29. The summed E-state index contributed by atoms with van der Waals surface area (Å²) in [6, 6.07) is 16.4. The number of aliphatic imine (C=N–C) groups is 1. The van der Waals surface area contributed by atoms with Gasteiger partial charge in [0.05, 0.1) is 13.2 Å². The van der Waals surface area contributed by atoms with Crippen LogP contribution in [0.3, 0.4) is 0 Å². The molecule has 2 aromatic rings. The molecular formula is C25H35N5O2. The van der Waals surface area contributed by atoms with Crippen molar-refractivity contribution in [3.8, 4) is 5.75 Å². The average molecular weight is 438 g/mol. The second kappa shape index (κ2) is 12.1. The van der Waals surface area contributed by atoms with Gasteiger partial charge >= 0.3 is 0 Å². The predicted octanol–water partition coefficient (Wildman–Crippen LogP) is 2.60. The van der Waals surface area contributed by atoms with E-state index >= 15 is 0 Å². The fourth-order valence-electron chi connectivity index (χ4n) is 4.09. The first-order valence-electron chi connectivity index (χ1n) is 11.3. The van der Waals surface area contributed by atoms with Gasteiger partial charge in [0.2, 0.25) is 0 Å². The molecule has 1 unspecified atom stereocenters. The molecule has 0 spiro atoms. The standard InChI is InChI=1S/C25H35N5O2/c1-26-24(31)21-8-6-7-19(17-21)13-14-28-25(27-2)29-18-23(30-15-4-5-16-30)20-9-11-22(32-3)12-10-20/h6-12,17,23H,4-5,13-16,18H2,1-3H3,(H,26,31)(H2,27,28,29). The quantitative estimate of drug-likeness (QED) is 0.415. The second-order valence-corrected chi connectivity index (χ2v) is 7.94. The van der Waals surface area contributed by atoms with Crippen LogP contribution in [0.5, 0.6) is 5.75 Å². The van der Waals surface area contributed by atoms with Crippen LogP contribution in [0.1, 0.15) is 40.4 Å². The van der Waals surface area contributed by atoms with Crippen LogP contribution in [-0.2, 0) is 6.42 Å². The van der Waals surface area contributed by atoms with Crippen molar-refractivity contribution >= 4 is 11.9 Å². The van der Waals surface area contributed by atoms with Gasteiger partial charge in [-0.2, -0.15) is 0 Å². The molecule has 3 rings (SSSR count). The Hall–Kier alpha value is -3.06. The summed E-state index contributed by atoms with van der Waals surface area (Å²) in [5, 5.41) is 9.56. The van der Waals surface area contributed by atoms with Gasteiger partial charge in [-0.25, -0.2) is 0 Å². The van der Waals surface area contributed by atoms with Crippen LogP contribution in [0.25, 0.3) is 0 Å². The minimum Gasteiger partial charge on any atom is -0.497 e. The number of ether oxygens (including phenoxy) is 1. The molecule has 1 atom stereocenters. The first-order chi connectivity index (χ1) is 15.6. The number of rotatable bonds is 9. The third kappa shape index (κ3) is 6.47. The van der Waals surface area contributed by atoms with Crippen LogP contribution < -0.4 is 20.7 Å². The van der Waals surface area contributed by atoms with Gasteiger partial charge in [0.15, 0.2) is 5.96 Å². The minimum absolute atomic E-state index is 0.0660. The van der Waals surface area contributed by atoms with Crippen LogP contribution in [0.4, 0.5) is 0 Å². The van der Waals surface area contributed by atoms with E-state index in [1.54, 1.807) is 21.2 Å². The number of methoxy groups -OCH3 is 1. The smallest absolute Gasteiger partial charge is 0.251 e. The molecule has 0 bridgehead atoms. The van der Waals surface area contributed by atoms with Crippen LogP contribution in [-0.4, -0.2) is 64.2 Å². The normalized spacial score (nSPS) is 15.3. The largest absolute Gasteiger partial charge is 0.497 e. The lowest BCUT2D eigenvalue weighted by Gasteiger charge is -2.29. The number of guanidine groups is 1. The fourth-order valence-corrected chi connectivity index (χ4v) is 4.09. The highest BCUT2D eigenvalue weighted by molar-refractivity contribution is 5.94. The third-order valence-corrected chi connectivity index (χ3v) is 5.89. The molecule has 1 saturated heterocycles. The predicted molar refractivity (Wildman–Crippen MR) is 129 cm³/mol. The lowest BCUT2D eigenvalue weighted by Crippen LogP contribution is -2.43. The number of carbonyl (C=O) groups excluding carboxylic acids is 1. The number of benzene rings is 2. The van der Waals surface area contributed by atoms with Gasteiger partial charge in [0.1, 0.15) is 5.75 Å². The molecule has 0 saturated carbocycles. The van der Waals surface area contributed by atoms with E-state index in [-0.39, 0.29) is 11.9 Å². The van der Waals surface area contributed by atoms with Gasteiger partial charge in [-0.1, -0.05) is 24.3 Å². The van der Waals surface area contributed by atoms with E-state index in [1.807, 2.05) is 36.4 Å². The maximum Gasteiger partial charge on any atom is 0.251 e. The minimum atomic E-state index is -0.0660. The van der Waals surface area contributed by atoms with Crippen molar-refractivity contribution in [2.24, 2.45) is 4.99 Å².